The summed E-state index contributed by atoms with van der Waals surface area (Å²) in [5.41, 5.74) is 7.28. The molecular formula is C26H26N6OS. The first-order chi connectivity index (χ1) is 16.4. The molecule has 0 spiro atoms. The van der Waals surface area contributed by atoms with Crippen molar-refractivity contribution in [3.05, 3.63) is 82.4 Å². The van der Waals surface area contributed by atoms with Gasteiger partial charge >= 0.3 is 0 Å². The van der Waals surface area contributed by atoms with Crippen LogP contribution < -0.4 is 4.90 Å². The number of hydrogen-bond acceptors (Lipinski definition) is 6. The van der Waals surface area contributed by atoms with Gasteiger partial charge in [0.2, 0.25) is 5.91 Å². The molecule has 0 unspecified atom stereocenters. The van der Waals surface area contributed by atoms with Crippen LogP contribution in [0.2, 0.25) is 0 Å². The van der Waals surface area contributed by atoms with Gasteiger partial charge in [-0.3, -0.25) is 9.69 Å². The molecule has 0 aliphatic carbocycles. The van der Waals surface area contributed by atoms with Crippen molar-refractivity contribution in [1.29, 1.82) is 0 Å². The zero-order chi connectivity index (χ0) is 23.8. The lowest BCUT2D eigenvalue weighted by molar-refractivity contribution is -0.118. The predicted molar refractivity (Wildman–Crippen MR) is 135 cm³/mol. The number of amides is 1. The minimum Gasteiger partial charge on any atom is -0.284 e. The van der Waals surface area contributed by atoms with Crippen molar-refractivity contribution in [3.8, 4) is 0 Å². The highest BCUT2D eigenvalue weighted by atomic mass is 32.1. The van der Waals surface area contributed by atoms with Crippen molar-refractivity contribution in [2.75, 3.05) is 4.90 Å². The molecule has 0 aliphatic heterocycles. The summed E-state index contributed by atoms with van der Waals surface area (Å²) in [5.74, 6) is 0.616. The van der Waals surface area contributed by atoms with Gasteiger partial charge in [-0.15, -0.1) is 0 Å². The zero-order valence-electron chi connectivity index (χ0n) is 19.7. The lowest BCUT2D eigenvalue weighted by atomic mass is 10.1. The van der Waals surface area contributed by atoms with E-state index in [-0.39, 0.29) is 5.91 Å². The molecule has 0 fully saturated rings. The van der Waals surface area contributed by atoms with E-state index in [1.807, 2.05) is 49.1 Å². The summed E-state index contributed by atoms with van der Waals surface area (Å²) in [7, 11) is 0. The maximum Gasteiger partial charge on any atom is 0.252 e. The van der Waals surface area contributed by atoms with Crippen molar-refractivity contribution in [3.63, 3.8) is 0 Å². The molecule has 0 saturated carbocycles. The monoisotopic (exact) mass is 470 g/mol. The lowest BCUT2D eigenvalue weighted by Gasteiger charge is -2.20. The molecule has 0 aliphatic rings. The molecule has 5 rings (SSSR count). The van der Waals surface area contributed by atoms with E-state index in [0.29, 0.717) is 25.2 Å². The third kappa shape index (κ3) is 4.05. The average Bonchev–Trinajstić information content (AvgIpc) is 3.48. The number of aryl methyl sites for hydroxylation is 4. The zero-order valence-corrected chi connectivity index (χ0v) is 20.6. The first-order valence-electron chi connectivity index (χ1n) is 11.3. The summed E-state index contributed by atoms with van der Waals surface area (Å²) >= 11 is 1.57. The number of benzene rings is 2. The molecule has 0 bridgehead atoms. The highest BCUT2D eigenvalue weighted by Gasteiger charge is 2.22. The third-order valence-electron chi connectivity index (χ3n) is 6.37. The van der Waals surface area contributed by atoms with E-state index in [4.69, 9.17) is 4.98 Å². The van der Waals surface area contributed by atoms with E-state index in [1.54, 1.807) is 15.9 Å². The van der Waals surface area contributed by atoms with Crippen molar-refractivity contribution >= 4 is 38.4 Å². The van der Waals surface area contributed by atoms with Crippen LogP contribution in [0.25, 0.3) is 16.0 Å². The van der Waals surface area contributed by atoms with Gasteiger partial charge < -0.3 is 0 Å². The number of hydrogen-bond donors (Lipinski definition) is 0. The summed E-state index contributed by atoms with van der Waals surface area (Å²) in [5, 5.41) is 5.00. The van der Waals surface area contributed by atoms with Crippen molar-refractivity contribution in [1.82, 2.24) is 24.6 Å². The molecule has 5 aromatic rings. The van der Waals surface area contributed by atoms with Crippen LogP contribution in [0.4, 0.5) is 5.13 Å². The van der Waals surface area contributed by atoms with Crippen LogP contribution in [-0.4, -0.2) is 30.5 Å². The van der Waals surface area contributed by atoms with Gasteiger partial charge in [0.1, 0.15) is 6.33 Å². The van der Waals surface area contributed by atoms with Crippen LogP contribution in [0, 0.1) is 27.7 Å². The van der Waals surface area contributed by atoms with Gasteiger partial charge in [0.25, 0.3) is 5.78 Å². The van der Waals surface area contributed by atoms with E-state index in [0.717, 1.165) is 43.4 Å². The van der Waals surface area contributed by atoms with Gasteiger partial charge in [-0.1, -0.05) is 47.7 Å². The minimum atomic E-state index is 0.0368. The number of aromatic nitrogens is 5. The molecule has 172 valence electrons. The quantitative estimate of drug-likeness (QED) is 0.344. The molecule has 0 atom stereocenters. The van der Waals surface area contributed by atoms with Gasteiger partial charge in [-0.25, -0.2) is 14.5 Å². The van der Waals surface area contributed by atoms with Gasteiger partial charge in [-0.2, -0.15) is 10.1 Å². The largest absolute Gasteiger partial charge is 0.284 e. The lowest BCUT2D eigenvalue weighted by Crippen LogP contribution is -2.30. The molecule has 0 N–H and O–H groups in total. The minimum absolute atomic E-state index is 0.0368. The number of nitrogens with zero attached hydrogens (tertiary/aromatic N) is 6. The van der Waals surface area contributed by atoms with Crippen molar-refractivity contribution in [2.24, 2.45) is 0 Å². The van der Waals surface area contributed by atoms with Gasteiger partial charge in [0.05, 0.1) is 16.8 Å². The van der Waals surface area contributed by atoms with E-state index in [2.05, 4.69) is 41.0 Å². The summed E-state index contributed by atoms with van der Waals surface area (Å²) < 4.78 is 2.82. The highest BCUT2D eigenvalue weighted by molar-refractivity contribution is 7.22. The Morgan fingerprint density at radius 2 is 1.82 bits per heavy atom. The Bertz CT molecular complexity index is 1500. The summed E-state index contributed by atoms with van der Waals surface area (Å²) in [6, 6.07) is 14.3. The first-order valence-corrected chi connectivity index (χ1v) is 12.1. The smallest absolute Gasteiger partial charge is 0.252 e. The maximum atomic E-state index is 13.6. The fourth-order valence-electron chi connectivity index (χ4n) is 4.24. The fourth-order valence-corrected chi connectivity index (χ4v) is 5.28. The second-order valence-electron chi connectivity index (χ2n) is 8.55. The van der Waals surface area contributed by atoms with Gasteiger partial charge in [-0.05, 0) is 62.4 Å². The Morgan fingerprint density at radius 1 is 1.03 bits per heavy atom. The second kappa shape index (κ2) is 8.95. The van der Waals surface area contributed by atoms with Crippen LogP contribution in [0.1, 0.15) is 40.1 Å². The number of thiazole rings is 1. The van der Waals surface area contributed by atoms with Gasteiger partial charge in [0.15, 0.2) is 5.13 Å². The summed E-state index contributed by atoms with van der Waals surface area (Å²) in [6.07, 6.45) is 2.43. The highest BCUT2D eigenvalue weighted by Crippen LogP contribution is 2.33. The Morgan fingerprint density at radius 3 is 2.62 bits per heavy atom. The summed E-state index contributed by atoms with van der Waals surface area (Å²) in [6.45, 7) is 8.61. The van der Waals surface area contributed by atoms with Crippen LogP contribution >= 0.6 is 11.3 Å². The topological polar surface area (TPSA) is 76.3 Å². The van der Waals surface area contributed by atoms with E-state index >= 15 is 0 Å². The Kier molecular flexibility index (Phi) is 5.83. The normalized spacial score (nSPS) is 11.4. The molecule has 2 aromatic carbocycles. The maximum absolute atomic E-state index is 13.6. The van der Waals surface area contributed by atoms with E-state index in [1.165, 1.54) is 11.9 Å². The number of fused-ring (bicyclic) bond motifs is 2. The molecule has 34 heavy (non-hydrogen) atoms. The molecule has 0 saturated heterocycles. The Balaban J connectivity index is 1.47. The van der Waals surface area contributed by atoms with Crippen molar-refractivity contribution < 1.29 is 4.79 Å². The first kappa shape index (κ1) is 22.2. The van der Waals surface area contributed by atoms with Crippen LogP contribution in [0.3, 0.4) is 0 Å². The van der Waals surface area contributed by atoms with E-state index < -0.39 is 0 Å². The second-order valence-corrected chi connectivity index (χ2v) is 9.56. The third-order valence-corrected chi connectivity index (χ3v) is 7.41. The van der Waals surface area contributed by atoms with Crippen LogP contribution in [0.15, 0.2) is 48.8 Å². The molecule has 1 amide bonds. The predicted octanol–water partition coefficient (Wildman–Crippen LogP) is 5.13. The fraction of sp³-hybridized carbons (Fsp3) is 0.269. The average molecular weight is 471 g/mol. The number of carbonyl (C=O) groups excluding carboxylic acids is 1. The molecule has 7 nitrogen and oxygen atoms in total. The number of carbonyl (C=O) groups is 1. The number of anilines is 1. The Labute approximate surface area is 202 Å². The molecule has 8 heteroatoms. The standard InChI is InChI=1S/C26H26N6OS/c1-16-10-12-22-24(17(16)2)30-26(34-22)31(14-20-8-6-5-7-9-20)23(33)13-11-21-18(3)29-25-27-15-28-32(25)19(21)4/h5-10,12,15H,11,13-14H2,1-4H3. The Hall–Kier alpha value is -3.65. The molecular weight excluding hydrogens is 444 g/mol. The SMILES string of the molecule is Cc1ccc2sc(N(Cc3ccccc3)C(=O)CCc3c(C)nc4ncnn4c3C)nc2c1C. The van der Waals surface area contributed by atoms with Crippen molar-refractivity contribution in [2.45, 2.75) is 47.1 Å². The number of rotatable bonds is 6. The summed E-state index contributed by atoms with van der Waals surface area (Å²) in [4.78, 5) is 29.1. The van der Waals surface area contributed by atoms with Crippen LogP contribution in [0.5, 0.6) is 0 Å². The molecule has 3 aromatic heterocycles. The van der Waals surface area contributed by atoms with Crippen LogP contribution in [-0.2, 0) is 17.8 Å². The van der Waals surface area contributed by atoms with E-state index in [9.17, 15) is 4.79 Å². The molecule has 3 heterocycles. The molecule has 0 radical (unpaired) electrons. The van der Waals surface area contributed by atoms with Gasteiger partial charge in [0, 0.05) is 17.8 Å².